The first-order valence-electron chi connectivity index (χ1n) is 4.83. The molecule has 0 heterocycles. The molecule has 0 saturated carbocycles. The molecule has 0 saturated heterocycles. The molecular formula is C12H11O2PS. The SMILES string of the molecule is O=[SH]P(=O)(c1ccccc1)c1ccccc1. The summed E-state index contributed by atoms with van der Waals surface area (Å²) in [5.74, 6) is 0. The standard InChI is InChI=1S/C12H11O2PS/c13-15(16-14,11-7-3-1-4-8-11)12-9-5-2-6-10-12/h1-10,16H. The number of hydrogen-bond donors (Lipinski definition) is 1. The third-order valence-electron chi connectivity index (χ3n) is 2.33. The lowest BCUT2D eigenvalue weighted by Gasteiger charge is -2.11. The summed E-state index contributed by atoms with van der Waals surface area (Å²) < 4.78 is 23.9. The van der Waals surface area contributed by atoms with Crippen LogP contribution in [0.2, 0.25) is 0 Å². The van der Waals surface area contributed by atoms with Crippen LogP contribution in [0.15, 0.2) is 60.7 Å². The number of rotatable bonds is 3. The van der Waals surface area contributed by atoms with Gasteiger partial charge in [-0.05, 0) is 0 Å². The zero-order valence-corrected chi connectivity index (χ0v) is 10.3. The van der Waals surface area contributed by atoms with Crippen molar-refractivity contribution < 1.29 is 8.77 Å². The second kappa shape index (κ2) is 4.77. The van der Waals surface area contributed by atoms with E-state index in [-0.39, 0.29) is 11.3 Å². The molecule has 2 rings (SSSR count). The van der Waals surface area contributed by atoms with Gasteiger partial charge in [-0.15, -0.1) is 0 Å². The Kier molecular flexibility index (Phi) is 3.37. The molecule has 0 fully saturated rings. The highest BCUT2D eigenvalue weighted by Crippen LogP contribution is 2.41. The van der Waals surface area contributed by atoms with Crippen LogP contribution in [0.1, 0.15) is 0 Å². The van der Waals surface area contributed by atoms with E-state index in [0.717, 1.165) is 0 Å². The maximum atomic E-state index is 12.7. The van der Waals surface area contributed by atoms with Crippen molar-refractivity contribution in [2.24, 2.45) is 0 Å². The Hall–Kier alpha value is -1.18. The summed E-state index contributed by atoms with van der Waals surface area (Å²) in [6, 6.07) is 17.9. The van der Waals surface area contributed by atoms with Crippen molar-refractivity contribution in [2.75, 3.05) is 0 Å². The average Bonchev–Trinajstić information content (AvgIpc) is 2.40. The highest BCUT2D eigenvalue weighted by atomic mass is 32.7. The van der Waals surface area contributed by atoms with Gasteiger partial charge in [0.2, 0.25) is 6.34 Å². The van der Waals surface area contributed by atoms with E-state index in [9.17, 15) is 8.77 Å². The highest BCUT2D eigenvalue weighted by molar-refractivity contribution is 8.45. The lowest BCUT2D eigenvalue weighted by atomic mass is 10.4. The van der Waals surface area contributed by atoms with Gasteiger partial charge in [-0.1, -0.05) is 60.7 Å². The molecule has 0 aliphatic heterocycles. The van der Waals surface area contributed by atoms with Crippen LogP contribution in [-0.4, -0.2) is 4.21 Å². The van der Waals surface area contributed by atoms with E-state index in [4.69, 9.17) is 0 Å². The van der Waals surface area contributed by atoms with Crippen LogP contribution in [0, 0.1) is 0 Å². The van der Waals surface area contributed by atoms with Crippen LogP contribution < -0.4 is 10.6 Å². The molecule has 0 amide bonds. The number of thiol groups is 1. The molecule has 0 spiro atoms. The van der Waals surface area contributed by atoms with Gasteiger partial charge in [-0.3, -0.25) is 8.77 Å². The predicted octanol–water partition coefficient (Wildman–Crippen LogP) is 1.86. The molecule has 0 aliphatic carbocycles. The molecule has 2 aromatic carbocycles. The average molecular weight is 250 g/mol. The predicted molar refractivity (Wildman–Crippen MR) is 69.3 cm³/mol. The molecule has 0 unspecified atom stereocenters. The van der Waals surface area contributed by atoms with Crippen molar-refractivity contribution in [3.05, 3.63) is 60.7 Å². The maximum Gasteiger partial charge on any atom is 0.220 e. The minimum atomic E-state index is -2.99. The Morgan fingerprint density at radius 3 is 1.44 bits per heavy atom. The fraction of sp³-hybridized carbons (Fsp3) is 0. The van der Waals surface area contributed by atoms with E-state index in [1.165, 1.54) is 0 Å². The van der Waals surface area contributed by atoms with Crippen LogP contribution in [-0.2, 0) is 15.9 Å². The van der Waals surface area contributed by atoms with Crippen molar-refractivity contribution in [3.63, 3.8) is 0 Å². The summed E-state index contributed by atoms with van der Waals surface area (Å²) in [5.41, 5.74) is 0. The maximum absolute atomic E-state index is 12.7. The van der Waals surface area contributed by atoms with Crippen molar-refractivity contribution in [1.29, 1.82) is 0 Å². The third-order valence-corrected chi connectivity index (χ3v) is 6.63. The van der Waals surface area contributed by atoms with Crippen LogP contribution in [0.5, 0.6) is 0 Å². The zero-order valence-electron chi connectivity index (χ0n) is 8.48. The number of hydrogen-bond acceptors (Lipinski definition) is 2. The monoisotopic (exact) mass is 250 g/mol. The normalized spacial score (nSPS) is 11.2. The molecule has 0 aliphatic rings. The van der Waals surface area contributed by atoms with Gasteiger partial charge >= 0.3 is 0 Å². The first-order valence-corrected chi connectivity index (χ1v) is 8.06. The summed E-state index contributed by atoms with van der Waals surface area (Å²) in [7, 11) is 0. The van der Waals surface area contributed by atoms with Gasteiger partial charge in [0.1, 0.15) is 0 Å². The van der Waals surface area contributed by atoms with Crippen LogP contribution in [0.25, 0.3) is 0 Å². The van der Waals surface area contributed by atoms with E-state index in [1.54, 1.807) is 48.5 Å². The first kappa shape index (κ1) is 11.3. The highest BCUT2D eigenvalue weighted by Gasteiger charge is 2.25. The lowest BCUT2D eigenvalue weighted by Crippen LogP contribution is -2.14. The molecule has 0 N–H and O–H groups in total. The molecule has 0 bridgehead atoms. The van der Waals surface area contributed by atoms with Crippen molar-refractivity contribution in [1.82, 2.24) is 0 Å². The molecule has 4 heteroatoms. The fourth-order valence-corrected chi connectivity index (χ4v) is 4.51. The van der Waals surface area contributed by atoms with Gasteiger partial charge in [0, 0.05) is 10.6 Å². The topological polar surface area (TPSA) is 34.1 Å². The minimum Gasteiger partial charge on any atom is -0.300 e. The van der Waals surface area contributed by atoms with E-state index >= 15 is 0 Å². The molecular weight excluding hydrogens is 239 g/mol. The second-order valence-corrected chi connectivity index (χ2v) is 7.86. The molecule has 82 valence electrons. The number of benzene rings is 2. The summed E-state index contributed by atoms with van der Waals surface area (Å²) >= 11 is -0.327. The summed E-state index contributed by atoms with van der Waals surface area (Å²) in [6.07, 6.45) is -2.99. The Bertz CT molecular complexity index is 482. The smallest absolute Gasteiger partial charge is 0.220 e. The minimum absolute atomic E-state index is 0.327. The van der Waals surface area contributed by atoms with Crippen LogP contribution >= 0.6 is 6.34 Å². The fourth-order valence-electron chi connectivity index (χ4n) is 1.50. The molecule has 0 aromatic heterocycles. The van der Waals surface area contributed by atoms with Gasteiger partial charge in [0.05, 0.1) is 11.3 Å². The third kappa shape index (κ3) is 2.01. The lowest BCUT2D eigenvalue weighted by molar-refractivity contribution is 0.594. The van der Waals surface area contributed by atoms with Gasteiger partial charge in [0.25, 0.3) is 0 Å². The van der Waals surface area contributed by atoms with Crippen LogP contribution in [0.3, 0.4) is 0 Å². The van der Waals surface area contributed by atoms with Gasteiger partial charge in [0.15, 0.2) is 0 Å². The molecule has 2 nitrogen and oxygen atoms in total. The van der Waals surface area contributed by atoms with E-state index < -0.39 is 6.34 Å². The van der Waals surface area contributed by atoms with E-state index in [1.807, 2.05) is 12.1 Å². The molecule has 2 aromatic rings. The van der Waals surface area contributed by atoms with Crippen molar-refractivity contribution in [2.45, 2.75) is 0 Å². The Balaban J connectivity index is 2.58. The largest absolute Gasteiger partial charge is 0.300 e. The van der Waals surface area contributed by atoms with Gasteiger partial charge in [-0.25, -0.2) is 0 Å². The Morgan fingerprint density at radius 2 is 1.12 bits per heavy atom. The van der Waals surface area contributed by atoms with Crippen LogP contribution in [0.4, 0.5) is 0 Å². The van der Waals surface area contributed by atoms with Crippen molar-refractivity contribution in [3.8, 4) is 0 Å². The quantitative estimate of drug-likeness (QED) is 0.666. The van der Waals surface area contributed by atoms with E-state index in [0.29, 0.717) is 10.6 Å². The van der Waals surface area contributed by atoms with Gasteiger partial charge in [-0.2, -0.15) is 0 Å². The Labute approximate surface area is 97.9 Å². The second-order valence-electron chi connectivity index (χ2n) is 3.33. The zero-order chi connectivity index (χ0) is 11.4. The van der Waals surface area contributed by atoms with Gasteiger partial charge < -0.3 is 0 Å². The van der Waals surface area contributed by atoms with E-state index in [2.05, 4.69) is 0 Å². The first-order chi connectivity index (χ1) is 7.77. The molecule has 16 heavy (non-hydrogen) atoms. The molecule has 0 atom stereocenters. The Morgan fingerprint density at radius 1 is 0.750 bits per heavy atom. The molecule has 0 radical (unpaired) electrons. The summed E-state index contributed by atoms with van der Waals surface area (Å²) in [5, 5.41) is 1.25. The van der Waals surface area contributed by atoms with Crippen molar-refractivity contribution >= 4 is 28.2 Å². The summed E-state index contributed by atoms with van der Waals surface area (Å²) in [6.45, 7) is 0. The summed E-state index contributed by atoms with van der Waals surface area (Å²) in [4.78, 5) is 0.